The normalized spacial score (nSPS) is 10.0. The van der Waals surface area contributed by atoms with Gasteiger partial charge in [0.15, 0.2) is 5.76 Å². The molecule has 0 aliphatic carbocycles. The Morgan fingerprint density at radius 3 is 2.89 bits per heavy atom. The molecule has 18 heavy (non-hydrogen) atoms. The Labute approximate surface area is 102 Å². The van der Waals surface area contributed by atoms with Crippen LogP contribution in [0.15, 0.2) is 35.0 Å². The van der Waals surface area contributed by atoms with Crippen LogP contribution in [0, 0.1) is 10.1 Å². The lowest BCUT2D eigenvalue weighted by atomic mass is 10.2. The summed E-state index contributed by atoms with van der Waals surface area (Å²) in [4.78, 5) is 20.9. The minimum absolute atomic E-state index is 0.154. The van der Waals surface area contributed by atoms with Gasteiger partial charge in [0.25, 0.3) is 5.69 Å². The van der Waals surface area contributed by atoms with Crippen LogP contribution in [0.1, 0.15) is 16.1 Å². The zero-order valence-electron chi connectivity index (χ0n) is 9.20. The van der Waals surface area contributed by atoms with E-state index >= 15 is 0 Å². The van der Waals surface area contributed by atoms with Crippen LogP contribution in [0.25, 0.3) is 0 Å². The van der Waals surface area contributed by atoms with E-state index in [4.69, 9.17) is 4.52 Å². The summed E-state index contributed by atoms with van der Waals surface area (Å²) in [6.07, 6.45) is 2.05. The lowest BCUT2D eigenvalue weighted by Crippen LogP contribution is -2.02. The lowest BCUT2D eigenvalue weighted by Gasteiger charge is -2.05. The van der Waals surface area contributed by atoms with Gasteiger partial charge < -0.3 is 9.84 Å². The topological polar surface area (TPSA) is 98.3 Å². The fraction of sp³-hybridized carbons (Fsp3) is 0.0909. The molecule has 0 aliphatic heterocycles. The number of carbonyl (C=O) groups is 1. The smallest absolute Gasteiger partial charge is 0.293 e. The molecule has 7 heteroatoms. The number of nitrogens with zero attached hydrogens (tertiary/aromatic N) is 2. The second-order valence-electron chi connectivity index (χ2n) is 3.48. The first-order valence-electron chi connectivity index (χ1n) is 5.08. The molecule has 0 saturated carbocycles. The molecule has 0 aliphatic rings. The molecule has 1 heterocycles. The first-order valence-corrected chi connectivity index (χ1v) is 5.08. The second kappa shape index (κ2) is 5.09. The molecule has 7 nitrogen and oxygen atoms in total. The third-order valence-corrected chi connectivity index (χ3v) is 2.30. The molecule has 1 N–H and O–H groups in total. The highest BCUT2D eigenvalue weighted by Crippen LogP contribution is 2.25. The van der Waals surface area contributed by atoms with Crippen molar-refractivity contribution in [3.8, 4) is 0 Å². The molecule has 0 saturated heterocycles. The monoisotopic (exact) mass is 247 g/mol. The standard InChI is InChI=1S/C11H9N3O4/c15-7-8-1-2-10(11(5-8)14(16)17)12-6-9-3-4-13-18-9/h1-5,7,12H,6H2. The molecule has 2 aromatic rings. The van der Waals surface area contributed by atoms with Gasteiger partial charge >= 0.3 is 0 Å². The van der Waals surface area contributed by atoms with Crippen molar-refractivity contribution in [2.24, 2.45) is 0 Å². The Kier molecular flexibility index (Phi) is 3.33. The Balaban J connectivity index is 2.21. The van der Waals surface area contributed by atoms with Crippen molar-refractivity contribution >= 4 is 17.7 Å². The molecule has 0 fully saturated rings. The van der Waals surface area contributed by atoms with Crippen LogP contribution < -0.4 is 5.32 Å². The highest BCUT2D eigenvalue weighted by Gasteiger charge is 2.14. The van der Waals surface area contributed by atoms with Gasteiger partial charge in [-0.2, -0.15) is 0 Å². The molecular weight excluding hydrogens is 238 g/mol. The van der Waals surface area contributed by atoms with E-state index < -0.39 is 4.92 Å². The molecule has 1 aromatic carbocycles. The molecule has 0 bridgehead atoms. The number of benzene rings is 1. The minimum atomic E-state index is -0.546. The molecular formula is C11H9N3O4. The SMILES string of the molecule is O=Cc1ccc(NCc2ccno2)c([N+](=O)[O-])c1. The van der Waals surface area contributed by atoms with Gasteiger partial charge in [0.2, 0.25) is 0 Å². The zero-order chi connectivity index (χ0) is 13.0. The summed E-state index contributed by atoms with van der Waals surface area (Å²) in [5.41, 5.74) is 0.424. The fourth-order valence-electron chi connectivity index (χ4n) is 1.44. The highest BCUT2D eigenvalue weighted by atomic mass is 16.6. The number of carbonyl (C=O) groups excluding carboxylic acids is 1. The van der Waals surface area contributed by atoms with Crippen molar-refractivity contribution < 1.29 is 14.2 Å². The maximum absolute atomic E-state index is 10.9. The van der Waals surface area contributed by atoms with Gasteiger partial charge in [0.05, 0.1) is 17.7 Å². The molecule has 0 unspecified atom stereocenters. The number of hydrogen-bond donors (Lipinski definition) is 1. The van der Waals surface area contributed by atoms with E-state index in [0.717, 1.165) is 0 Å². The molecule has 2 rings (SSSR count). The van der Waals surface area contributed by atoms with Crippen LogP contribution in [0.3, 0.4) is 0 Å². The van der Waals surface area contributed by atoms with E-state index in [2.05, 4.69) is 10.5 Å². The lowest BCUT2D eigenvalue weighted by molar-refractivity contribution is -0.384. The summed E-state index contributed by atoms with van der Waals surface area (Å²) in [7, 11) is 0. The molecule has 0 spiro atoms. The number of nitro benzene ring substituents is 1. The molecule has 92 valence electrons. The minimum Gasteiger partial charge on any atom is -0.372 e. The quantitative estimate of drug-likeness (QED) is 0.493. The van der Waals surface area contributed by atoms with E-state index in [0.29, 0.717) is 17.7 Å². The third kappa shape index (κ3) is 2.51. The van der Waals surface area contributed by atoms with E-state index in [1.807, 2.05) is 0 Å². The van der Waals surface area contributed by atoms with Crippen LogP contribution in [0.2, 0.25) is 0 Å². The van der Waals surface area contributed by atoms with Crippen molar-refractivity contribution in [2.45, 2.75) is 6.54 Å². The summed E-state index contributed by atoms with van der Waals surface area (Å²) in [5, 5.41) is 17.2. The largest absolute Gasteiger partial charge is 0.372 e. The first-order chi connectivity index (χ1) is 8.70. The Morgan fingerprint density at radius 2 is 2.28 bits per heavy atom. The number of aldehydes is 1. The molecule has 0 amide bonds. The van der Waals surface area contributed by atoms with Crippen LogP contribution in [0.5, 0.6) is 0 Å². The zero-order valence-corrected chi connectivity index (χ0v) is 9.20. The second-order valence-corrected chi connectivity index (χ2v) is 3.48. The number of aromatic nitrogens is 1. The van der Waals surface area contributed by atoms with Gasteiger partial charge in [0, 0.05) is 17.7 Å². The van der Waals surface area contributed by atoms with Crippen molar-refractivity contribution in [3.05, 3.63) is 51.9 Å². The molecule has 1 aromatic heterocycles. The van der Waals surface area contributed by atoms with Crippen LogP contribution >= 0.6 is 0 Å². The van der Waals surface area contributed by atoms with Gasteiger partial charge in [-0.1, -0.05) is 5.16 Å². The summed E-state index contributed by atoms with van der Waals surface area (Å²) in [6, 6.07) is 5.86. The number of nitrogens with one attached hydrogen (secondary N) is 1. The van der Waals surface area contributed by atoms with Gasteiger partial charge in [-0.05, 0) is 12.1 Å². The van der Waals surface area contributed by atoms with Crippen molar-refractivity contribution in [2.75, 3.05) is 5.32 Å². The maximum Gasteiger partial charge on any atom is 0.293 e. The van der Waals surface area contributed by atoms with Crippen molar-refractivity contribution in [1.82, 2.24) is 5.16 Å². The predicted octanol–water partition coefficient (Wildman–Crippen LogP) is 2.01. The maximum atomic E-state index is 10.9. The molecule has 0 atom stereocenters. The average Bonchev–Trinajstić information content (AvgIpc) is 2.89. The van der Waals surface area contributed by atoms with Crippen LogP contribution in [-0.2, 0) is 6.54 Å². The average molecular weight is 247 g/mol. The number of anilines is 1. The number of rotatable bonds is 5. The summed E-state index contributed by atoms with van der Waals surface area (Å²) in [6.45, 7) is 0.279. The van der Waals surface area contributed by atoms with Gasteiger partial charge in [-0.25, -0.2) is 0 Å². The summed E-state index contributed by atoms with van der Waals surface area (Å²) < 4.78 is 4.86. The van der Waals surface area contributed by atoms with E-state index in [1.54, 1.807) is 6.07 Å². The Bertz CT molecular complexity index is 566. The number of hydrogen-bond acceptors (Lipinski definition) is 6. The van der Waals surface area contributed by atoms with E-state index in [1.165, 1.54) is 24.4 Å². The predicted molar refractivity (Wildman–Crippen MR) is 62.3 cm³/mol. The summed E-state index contributed by atoms with van der Waals surface area (Å²) >= 11 is 0. The van der Waals surface area contributed by atoms with Crippen molar-refractivity contribution in [1.29, 1.82) is 0 Å². The highest BCUT2D eigenvalue weighted by molar-refractivity contribution is 5.79. The van der Waals surface area contributed by atoms with Crippen LogP contribution in [-0.4, -0.2) is 16.4 Å². The Morgan fingerprint density at radius 1 is 1.44 bits per heavy atom. The van der Waals surface area contributed by atoms with Gasteiger partial charge in [-0.3, -0.25) is 14.9 Å². The van der Waals surface area contributed by atoms with Gasteiger partial charge in [0.1, 0.15) is 12.0 Å². The summed E-state index contributed by atoms with van der Waals surface area (Å²) in [5.74, 6) is 0.559. The first kappa shape index (κ1) is 11.8. The van der Waals surface area contributed by atoms with Gasteiger partial charge in [-0.15, -0.1) is 0 Å². The Hall–Kier alpha value is -2.70. The van der Waals surface area contributed by atoms with E-state index in [-0.39, 0.29) is 17.8 Å². The molecule has 0 radical (unpaired) electrons. The van der Waals surface area contributed by atoms with E-state index in [9.17, 15) is 14.9 Å². The fourth-order valence-corrected chi connectivity index (χ4v) is 1.44. The third-order valence-electron chi connectivity index (χ3n) is 2.30. The van der Waals surface area contributed by atoms with Crippen molar-refractivity contribution in [3.63, 3.8) is 0 Å². The number of nitro groups is 1. The van der Waals surface area contributed by atoms with Crippen LogP contribution in [0.4, 0.5) is 11.4 Å².